The number of morpholine rings is 1. The number of aliphatic hydroxyl groups is 1. The van der Waals surface area contributed by atoms with Crippen LogP contribution in [0.1, 0.15) is 18.9 Å². The lowest BCUT2D eigenvalue weighted by molar-refractivity contribution is 0.00650. The standard InChI is InChI=1S/C15H22BrNO3/c1-15(18,9-12-10-20-6-5-17-12)8-11-3-4-14(19-2)13(16)7-11/h3-4,7,12,17-18H,5-6,8-10H2,1-2H3. The summed E-state index contributed by atoms with van der Waals surface area (Å²) >= 11 is 3.47. The molecule has 5 heteroatoms. The van der Waals surface area contributed by atoms with Gasteiger partial charge in [0.15, 0.2) is 0 Å². The molecule has 1 fully saturated rings. The number of hydrogen-bond donors (Lipinski definition) is 2. The molecule has 0 saturated carbocycles. The van der Waals surface area contributed by atoms with Crippen LogP contribution >= 0.6 is 15.9 Å². The Morgan fingerprint density at radius 2 is 2.35 bits per heavy atom. The lowest BCUT2D eigenvalue weighted by atomic mass is 9.90. The van der Waals surface area contributed by atoms with Gasteiger partial charge in [0.2, 0.25) is 0 Å². The molecule has 0 aromatic heterocycles. The largest absolute Gasteiger partial charge is 0.496 e. The van der Waals surface area contributed by atoms with Crippen molar-refractivity contribution in [2.24, 2.45) is 0 Å². The number of hydrogen-bond acceptors (Lipinski definition) is 4. The quantitative estimate of drug-likeness (QED) is 0.859. The molecular weight excluding hydrogens is 322 g/mol. The van der Waals surface area contributed by atoms with E-state index in [-0.39, 0.29) is 6.04 Å². The first kappa shape index (κ1) is 15.8. The van der Waals surface area contributed by atoms with Crippen molar-refractivity contribution in [1.29, 1.82) is 0 Å². The molecule has 112 valence electrons. The molecule has 1 aromatic carbocycles. The Labute approximate surface area is 128 Å². The fourth-order valence-electron chi connectivity index (χ4n) is 2.61. The SMILES string of the molecule is COc1ccc(CC(C)(O)CC2COCCN2)cc1Br. The van der Waals surface area contributed by atoms with E-state index in [1.54, 1.807) is 7.11 Å². The summed E-state index contributed by atoms with van der Waals surface area (Å²) in [5.74, 6) is 0.802. The number of benzene rings is 1. The van der Waals surface area contributed by atoms with E-state index >= 15 is 0 Å². The summed E-state index contributed by atoms with van der Waals surface area (Å²) in [6.07, 6.45) is 1.28. The second-order valence-electron chi connectivity index (χ2n) is 5.57. The lowest BCUT2D eigenvalue weighted by Crippen LogP contribution is -2.46. The van der Waals surface area contributed by atoms with Gasteiger partial charge in [0.25, 0.3) is 0 Å². The molecule has 1 aromatic rings. The molecular formula is C15H22BrNO3. The highest BCUT2D eigenvalue weighted by Gasteiger charge is 2.27. The number of halogens is 1. The predicted octanol–water partition coefficient (Wildman–Crippen LogP) is 2.13. The maximum atomic E-state index is 10.6. The normalized spacial score (nSPS) is 22.3. The van der Waals surface area contributed by atoms with Crippen molar-refractivity contribution in [2.45, 2.75) is 31.4 Å². The molecule has 2 unspecified atom stereocenters. The topological polar surface area (TPSA) is 50.7 Å². The monoisotopic (exact) mass is 343 g/mol. The van der Waals surface area contributed by atoms with Gasteiger partial charge in [-0.2, -0.15) is 0 Å². The van der Waals surface area contributed by atoms with Gasteiger partial charge in [-0.1, -0.05) is 6.07 Å². The molecule has 20 heavy (non-hydrogen) atoms. The van der Waals surface area contributed by atoms with Crippen LogP contribution in [0.3, 0.4) is 0 Å². The molecule has 0 spiro atoms. The van der Waals surface area contributed by atoms with Gasteiger partial charge in [-0.3, -0.25) is 0 Å². The summed E-state index contributed by atoms with van der Waals surface area (Å²) in [4.78, 5) is 0. The molecule has 2 rings (SSSR count). The van der Waals surface area contributed by atoms with E-state index in [0.717, 1.165) is 28.9 Å². The molecule has 0 radical (unpaired) electrons. The van der Waals surface area contributed by atoms with Crippen molar-refractivity contribution in [3.63, 3.8) is 0 Å². The Bertz CT molecular complexity index is 445. The van der Waals surface area contributed by atoms with Crippen LogP contribution in [0.5, 0.6) is 5.75 Å². The van der Waals surface area contributed by atoms with Gasteiger partial charge < -0.3 is 19.9 Å². The van der Waals surface area contributed by atoms with E-state index in [1.165, 1.54) is 0 Å². The van der Waals surface area contributed by atoms with Crippen LogP contribution in [0, 0.1) is 0 Å². The first-order chi connectivity index (χ1) is 9.50. The summed E-state index contributed by atoms with van der Waals surface area (Å²) in [5, 5.41) is 14.0. The predicted molar refractivity (Wildman–Crippen MR) is 82.2 cm³/mol. The zero-order valence-corrected chi connectivity index (χ0v) is 13.6. The summed E-state index contributed by atoms with van der Waals surface area (Å²) in [6, 6.07) is 6.12. The summed E-state index contributed by atoms with van der Waals surface area (Å²) < 4.78 is 11.6. The van der Waals surface area contributed by atoms with Gasteiger partial charge in [0.05, 0.1) is 30.4 Å². The zero-order valence-electron chi connectivity index (χ0n) is 12.0. The highest BCUT2D eigenvalue weighted by Crippen LogP contribution is 2.28. The third-order valence-electron chi connectivity index (χ3n) is 3.49. The Morgan fingerprint density at radius 3 is 2.95 bits per heavy atom. The van der Waals surface area contributed by atoms with Crippen LogP contribution in [-0.4, -0.2) is 43.6 Å². The second-order valence-corrected chi connectivity index (χ2v) is 6.43. The van der Waals surface area contributed by atoms with E-state index < -0.39 is 5.60 Å². The summed E-state index contributed by atoms with van der Waals surface area (Å²) in [7, 11) is 1.64. The minimum atomic E-state index is -0.758. The van der Waals surface area contributed by atoms with Crippen LogP contribution in [0.15, 0.2) is 22.7 Å². The van der Waals surface area contributed by atoms with E-state index in [1.807, 2.05) is 25.1 Å². The minimum absolute atomic E-state index is 0.223. The Hall–Kier alpha value is -0.620. The van der Waals surface area contributed by atoms with Crippen LogP contribution < -0.4 is 10.1 Å². The molecule has 1 heterocycles. The van der Waals surface area contributed by atoms with Gasteiger partial charge >= 0.3 is 0 Å². The average Bonchev–Trinajstić information content (AvgIpc) is 2.39. The van der Waals surface area contributed by atoms with Crippen molar-refractivity contribution in [3.05, 3.63) is 28.2 Å². The fraction of sp³-hybridized carbons (Fsp3) is 0.600. The number of rotatable bonds is 5. The first-order valence-corrected chi connectivity index (χ1v) is 7.65. The molecule has 4 nitrogen and oxygen atoms in total. The van der Waals surface area contributed by atoms with Crippen molar-refractivity contribution in [1.82, 2.24) is 5.32 Å². The fourth-order valence-corrected chi connectivity index (χ4v) is 3.20. The van der Waals surface area contributed by atoms with Crippen molar-refractivity contribution >= 4 is 15.9 Å². The smallest absolute Gasteiger partial charge is 0.133 e. The molecule has 0 bridgehead atoms. The highest BCUT2D eigenvalue weighted by atomic mass is 79.9. The highest BCUT2D eigenvalue weighted by molar-refractivity contribution is 9.10. The summed E-state index contributed by atoms with van der Waals surface area (Å²) in [5.41, 5.74) is 0.325. The molecule has 1 aliphatic rings. The van der Waals surface area contributed by atoms with Crippen LogP contribution in [0.2, 0.25) is 0 Å². The van der Waals surface area contributed by atoms with Crippen LogP contribution in [0.4, 0.5) is 0 Å². The molecule has 2 atom stereocenters. The molecule has 0 aliphatic carbocycles. The van der Waals surface area contributed by atoms with E-state index in [0.29, 0.717) is 19.4 Å². The van der Waals surface area contributed by atoms with E-state index in [9.17, 15) is 5.11 Å². The third kappa shape index (κ3) is 4.45. The van der Waals surface area contributed by atoms with Gasteiger partial charge in [-0.25, -0.2) is 0 Å². The zero-order chi connectivity index (χ0) is 14.6. The number of nitrogens with one attached hydrogen (secondary N) is 1. The van der Waals surface area contributed by atoms with Crippen molar-refractivity contribution in [2.75, 3.05) is 26.9 Å². The van der Waals surface area contributed by atoms with E-state index in [2.05, 4.69) is 21.2 Å². The Kier molecular flexibility index (Phi) is 5.43. The maximum Gasteiger partial charge on any atom is 0.133 e. The minimum Gasteiger partial charge on any atom is -0.496 e. The van der Waals surface area contributed by atoms with Crippen LogP contribution in [0.25, 0.3) is 0 Å². The lowest BCUT2D eigenvalue weighted by Gasteiger charge is -2.31. The third-order valence-corrected chi connectivity index (χ3v) is 4.11. The molecule has 0 amide bonds. The summed E-state index contributed by atoms with van der Waals surface area (Å²) in [6.45, 7) is 4.16. The number of methoxy groups -OCH3 is 1. The van der Waals surface area contributed by atoms with E-state index in [4.69, 9.17) is 9.47 Å². The van der Waals surface area contributed by atoms with Gasteiger partial charge in [0, 0.05) is 19.0 Å². The van der Waals surface area contributed by atoms with Crippen molar-refractivity contribution < 1.29 is 14.6 Å². The average molecular weight is 344 g/mol. The molecule has 1 saturated heterocycles. The number of ether oxygens (including phenoxy) is 2. The maximum absolute atomic E-state index is 10.6. The van der Waals surface area contributed by atoms with Crippen LogP contribution in [-0.2, 0) is 11.2 Å². The van der Waals surface area contributed by atoms with Crippen molar-refractivity contribution in [3.8, 4) is 5.75 Å². The van der Waals surface area contributed by atoms with Gasteiger partial charge in [-0.15, -0.1) is 0 Å². The molecule has 2 N–H and O–H groups in total. The van der Waals surface area contributed by atoms with Gasteiger partial charge in [0.1, 0.15) is 5.75 Å². The van der Waals surface area contributed by atoms with Gasteiger partial charge in [-0.05, 0) is 47.0 Å². The Morgan fingerprint density at radius 1 is 1.55 bits per heavy atom. The first-order valence-electron chi connectivity index (χ1n) is 6.86. The second kappa shape index (κ2) is 6.89. The molecule has 1 aliphatic heterocycles. The Balaban J connectivity index is 1.97.